The van der Waals surface area contributed by atoms with Gasteiger partial charge in [0.25, 0.3) is 0 Å². The number of nitrogens with zero attached hydrogens (tertiary/aromatic N) is 2. The third-order valence-corrected chi connectivity index (χ3v) is 6.89. The average molecular weight is 409 g/mol. The van der Waals surface area contributed by atoms with Crippen LogP contribution in [0.5, 0.6) is 0 Å². The molecule has 2 heterocycles. The molecule has 0 N–H and O–H groups in total. The van der Waals surface area contributed by atoms with Gasteiger partial charge in [-0.25, -0.2) is 8.42 Å². The van der Waals surface area contributed by atoms with E-state index in [2.05, 4.69) is 4.98 Å². The van der Waals surface area contributed by atoms with E-state index >= 15 is 0 Å². The van der Waals surface area contributed by atoms with Crippen molar-refractivity contribution in [3.8, 4) is 0 Å². The molecule has 2 aromatic rings. The molecule has 0 radical (unpaired) electrons. The summed E-state index contributed by atoms with van der Waals surface area (Å²) in [5, 5.41) is 0.345. The Balaban J connectivity index is 2.03. The number of hydrogen-bond donors (Lipinski definition) is 0. The maximum atomic E-state index is 13.2. The summed E-state index contributed by atoms with van der Waals surface area (Å²) in [6.07, 6.45) is 4.90. The van der Waals surface area contributed by atoms with E-state index in [-0.39, 0.29) is 16.6 Å². The summed E-state index contributed by atoms with van der Waals surface area (Å²) in [6.45, 7) is 2.02. The van der Waals surface area contributed by atoms with E-state index in [0.717, 1.165) is 0 Å². The highest BCUT2D eigenvalue weighted by molar-refractivity contribution is 8.14. The second kappa shape index (κ2) is 7.92. The summed E-state index contributed by atoms with van der Waals surface area (Å²) < 4.78 is 27.7. The van der Waals surface area contributed by atoms with Gasteiger partial charge in [-0.1, -0.05) is 42.4 Å². The minimum Gasteiger partial charge on any atom is -0.282 e. The molecule has 0 amide bonds. The van der Waals surface area contributed by atoms with Crippen LogP contribution in [0.3, 0.4) is 0 Å². The lowest BCUT2D eigenvalue weighted by atomic mass is 10.0. The van der Waals surface area contributed by atoms with Crippen LogP contribution >= 0.6 is 23.4 Å². The van der Waals surface area contributed by atoms with E-state index in [4.69, 9.17) is 11.6 Å². The Morgan fingerprint density at radius 2 is 2.04 bits per heavy atom. The van der Waals surface area contributed by atoms with Gasteiger partial charge in [0, 0.05) is 29.5 Å². The molecule has 8 heteroatoms. The van der Waals surface area contributed by atoms with Gasteiger partial charge in [0.2, 0.25) is 15.1 Å². The van der Waals surface area contributed by atoms with E-state index in [1.165, 1.54) is 40.3 Å². The fraction of sp³-hybridized carbons (Fsp3) is 0.222. The number of benzene rings is 1. The number of carbonyl (C=O) groups excluding carboxylic acids is 1. The highest BCUT2D eigenvalue weighted by atomic mass is 35.5. The van der Waals surface area contributed by atoms with Gasteiger partial charge in [0.1, 0.15) is 0 Å². The van der Waals surface area contributed by atoms with Crippen LogP contribution in [0.2, 0.25) is 5.02 Å². The maximum absolute atomic E-state index is 13.2. The van der Waals surface area contributed by atoms with Crippen molar-refractivity contribution in [1.82, 2.24) is 9.29 Å². The molecular weight excluding hydrogens is 392 g/mol. The Labute approximate surface area is 162 Å². The van der Waals surface area contributed by atoms with Gasteiger partial charge in [-0.15, -0.1) is 0 Å². The zero-order valence-corrected chi connectivity index (χ0v) is 16.4. The number of hydrogen-bond acceptors (Lipinski definition) is 5. The summed E-state index contributed by atoms with van der Waals surface area (Å²) in [5.41, 5.74) is 1.14. The van der Waals surface area contributed by atoms with Crippen molar-refractivity contribution in [2.45, 2.75) is 17.9 Å². The predicted molar refractivity (Wildman–Crippen MR) is 104 cm³/mol. The second-order valence-corrected chi connectivity index (χ2v) is 9.16. The second-order valence-electron chi connectivity index (χ2n) is 5.60. The molecule has 0 saturated carbocycles. The van der Waals surface area contributed by atoms with Gasteiger partial charge in [0.05, 0.1) is 10.9 Å². The van der Waals surface area contributed by atoms with Crippen molar-refractivity contribution in [3.63, 3.8) is 0 Å². The van der Waals surface area contributed by atoms with Crippen LogP contribution in [-0.2, 0) is 14.8 Å². The van der Waals surface area contributed by atoms with E-state index in [9.17, 15) is 13.2 Å². The average Bonchev–Trinajstić information content (AvgIpc) is 3.09. The molecule has 1 aliphatic heterocycles. The monoisotopic (exact) mass is 408 g/mol. The predicted octanol–water partition coefficient (Wildman–Crippen LogP) is 3.69. The van der Waals surface area contributed by atoms with Crippen LogP contribution in [0.15, 0.2) is 65.3 Å². The number of carbonyl (C=O) groups is 1. The lowest BCUT2D eigenvalue weighted by molar-refractivity contribution is -0.108. The zero-order valence-electron chi connectivity index (χ0n) is 14.0. The third-order valence-electron chi connectivity index (χ3n) is 4.01. The Kier molecular flexibility index (Phi) is 5.82. The van der Waals surface area contributed by atoms with E-state index in [1.807, 2.05) is 6.92 Å². The topological polar surface area (TPSA) is 67.3 Å². The van der Waals surface area contributed by atoms with Gasteiger partial charge in [-0.05, 0) is 41.6 Å². The Hall–Kier alpha value is -1.67. The quantitative estimate of drug-likeness (QED) is 0.754. The van der Waals surface area contributed by atoms with Gasteiger partial charge < -0.3 is 0 Å². The number of sulfonamides is 1. The minimum atomic E-state index is -3.80. The molecule has 1 aromatic heterocycles. The first-order valence-corrected chi connectivity index (χ1v) is 10.8. The summed E-state index contributed by atoms with van der Waals surface area (Å²) in [5.74, 6) is 0.625. The van der Waals surface area contributed by atoms with Gasteiger partial charge in [-0.3, -0.25) is 9.78 Å². The standard InChI is InChI=1S/C18H17ClN2O3S2/c1-2-25-18(22)16-9-11-21(17(16)13-4-3-10-20-12-13)26(23,24)15-7-5-14(19)6-8-15/h3-10,12,17H,2,11H2,1H3/t17-/m0/s1. The fourth-order valence-electron chi connectivity index (χ4n) is 2.83. The number of halogens is 1. The molecule has 1 aliphatic rings. The van der Waals surface area contributed by atoms with Gasteiger partial charge >= 0.3 is 0 Å². The summed E-state index contributed by atoms with van der Waals surface area (Å²) in [4.78, 5) is 16.7. The first-order valence-electron chi connectivity index (χ1n) is 7.99. The molecule has 0 saturated heterocycles. The number of thioether (sulfide) groups is 1. The molecule has 0 fully saturated rings. The highest BCUT2D eigenvalue weighted by Gasteiger charge is 2.40. The number of pyridine rings is 1. The Morgan fingerprint density at radius 1 is 1.31 bits per heavy atom. The molecule has 3 rings (SSSR count). The molecular formula is C18H17ClN2O3S2. The molecule has 26 heavy (non-hydrogen) atoms. The van der Waals surface area contributed by atoms with Crippen LogP contribution in [0.4, 0.5) is 0 Å². The maximum Gasteiger partial charge on any atom is 0.244 e. The lowest BCUT2D eigenvalue weighted by Gasteiger charge is -2.26. The fourth-order valence-corrected chi connectivity index (χ4v) is 5.12. The van der Waals surface area contributed by atoms with E-state index in [0.29, 0.717) is 21.9 Å². The van der Waals surface area contributed by atoms with Crippen LogP contribution in [0.25, 0.3) is 0 Å². The third kappa shape index (κ3) is 3.71. The van der Waals surface area contributed by atoms with E-state index in [1.54, 1.807) is 30.6 Å². The Morgan fingerprint density at radius 3 is 2.65 bits per heavy atom. The lowest BCUT2D eigenvalue weighted by Crippen LogP contribution is -2.33. The first-order chi connectivity index (χ1) is 12.4. The van der Waals surface area contributed by atoms with Crippen LogP contribution in [-0.4, -0.2) is 35.1 Å². The zero-order chi connectivity index (χ0) is 18.7. The summed E-state index contributed by atoms with van der Waals surface area (Å²) in [7, 11) is -3.80. The Bertz CT molecular complexity index is 929. The summed E-state index contributed by atoms with van der Waals surface area (Å²) >= 11 is 7.04. The van der Waals surface area contributed by atoms with Crippen molar-refractivity contribution in [1.29, 1.82) is 0 Å². The van der Waals surface area contributed by atoms with Crippen molar-refractivity contribution >= 4 is 38.5 Å². The highest BCUT2D eigenvalue weighted by Crippen LogP contribution is 2.39. The van der Waals surface area contributed by atoms with E-state index < -0.39 is 16.1 Å². The molecule has 136 valence electrons. The first kappa shape index (κ1) is 19.1. The molecule has 5 nitrogen and oxygen atoms in total. The molecule has 0 aliphatic carbocycles. The smallest absolute Gasteiger partial charge is 0.244 e. The molecule has 1 atom stereocenters. The minimum absolute atomic E-state index is 0.116. The van der Waals surface area contributed by atoms with Crippen molar-refractivity contribution in [2.24, 2.45) is 0 Å². The number of rotatable bonds is 5. The normalized spacial score (nSPS) is 17.9. The van der Waals surface area contributed by atoms with Crippen molar-refractivity contribution < 1.29 is 13.2 Å². The van der Waals surface area contributed by atoms with Crippen molar-refractivity contribution in [2.75, 3.05) is 12.3 Å². The number of aromatic nitrogens is 1. The molecule has 1 aromatic carbocycles. The molecule has 0 bridgehead atoms. The van der Waals surface area contributed by atoms with Crippen molar-refractivity contribution in [3.05, 3.63) is 71.0 Å². The van der Waals surface area contributed by atoms with Crippen LogP contribution in [0.1, 0.15) is 18.5 Å². The largest absolute Gasteiger partial charge is 0.282 e. The van der Waals surface area contributed by atoms with Gasteiger partial charge in [-0.2, -0.15) is 4.31 Å². The SMILES string of the molecule is CCSC(=O)C1=CCN(S(=O)(=O)c2ccc(Cl)cc2)[C@H]1c1cccnc1. The molecule has 0 unspecified atom stereocenters. The molecule has 0 spiro atoms. The van der Waals surface area contributed by atoms with Gasteiger partial charge in [0.15, 0.2) is 0 Å². The summed E-state index contributed by atoms with van der Waals surface area (Å²) in [6, 6.07) is 8.85. The van der Waals surface area contributed by atoms with Crippen LogP contribution < -0.4 is 0 Å². The van der Waals surface area contributed by atoms with Crippen LogP contribution in [0, 0.1) is 0 Å².